The van der Waals surface area contributed by atoms with Crippen LogP contribution >= 0.6 is 0 Å². The van der Waals surface area contributed by atoms with Gasteiger partial charge in [-0.3, -0.25) is 0 Å². The van der Waals surface area contributed by atoms with Crippen molar-refractivity contribution in [3.05, 3.63) is 29.8 Å². The molecule has 0 saturated heterocycles. The van der Waals surface area contributed by atoms with E-state index in [0.29, 0.717) is 10.8 Å². The normalized spacial score (nSPS) is 36.7. The molecule has 0 radical (unpaired) electrons. The zero-order chi connectivity index (χ0) is 10.5. The molecule has 3 saturated carbocycles. The van der Waals surface area contributed by atoms with E-state index in [4.69, 9.17) is 10.5 Å². The average molecular weight is 203 g/mol. The Balaban J connectivity index is 1.79. The lowest BCUT2D eigenvalue weighted by molar-refractivity contribution is -0.132. The van der Waals surface area contributed by atoms with E-state index in [-0.39, 0.29) is 0 Å². The van der Waals surface area contributed by atoms with Gasteiger partial charge in [-0.25, -0.2) is 0 Å². The topological polar surface area (TPSA) is 35.2 Å². The van der Waals surface area contributed by atoms with Gasteiger partial charge in [0.1, 0.15) is 5.75 Å². The fraction of sp³-hybridized carbons (Fsp3) is 0.538. The molecular weight excluding hydrogens is 186 g/mol. The van der Waals surface area contributed by atoms with E-state index in [1.165, 1.54) is 24.8 Å². The van der Waals surface area contributed by atoms with E-state index in [1.54, 1.807) is 7.11 Å². The minimum atomic E-state index is 0.478. The lowest BCUT2D eigenvalue weighted by atomic mass is 9.33. The van der Waals surface area contributed by atoms with E-state index < -0.39 is 0 Å². The van der Waals surface area contributed by atoms with Gasteiger partial charge in [0.05, 0.1) is 7.11 Å². The highest BCUT2D eigenvalue weighted by Gasteiger charge is 2.67. The van der Waals surface area contributed by atoms with Crippen molar-refractivity contribution in [2.45, 2.75) is 24.7 Å². The summed E-state index contributed by atoms with van der Waals surface area (Å²) in [5, 5.41) is 0. The number of ether oxygens (including phenoxy) is 1. The summed E-state index contributed by atoms with van der Waals surface area (Å²) in [6, 6.07) is 8.53. The molecule has 3 fully saturated rings. The van der Waals surface area contributed by atoms with Crippen LogP contribution in [0.1, 0.15) is 24.8 Å². The molecule has 1 aromatic carbocycles. The second-order valence-corrected chi connectivity index (χ2v) is 5.24. The zero-order valence-electron chi connectivity index (χ0n) is 9.12. The van der Waals surface area contributed by atoms with Crippen LogP contribution in [0.2, 0.25) is 0 Å². The van der Waals surface area contributed by atoms with E-state index >= 15 is 0 Å². The molecule has 2 bridgehead atoms. The Morgan fingerprint density at radius 2 is 1.80 bits per heavy atom. The molecule has 0 aromatic heterocycles. The first-order chi connectivity index (χ1) is 7.22. The molecule has 80 valence electrons. The van der Waals surface area contributed by atoms with Crippen molar-refractivity contribution in [2.24, 2.45) is 11.1 Å². The summed E-state index contributed by atoms with van der Waals surface area (Å²) in [4.78, 5) is 0. The molecule has 15 heavy (non-hydrogen) atoms. The molecule has 4 rings (SSSR count). The number of rotatable bonds is 3. The van der Waals surface area contributed by atoms with Crippen molar-refractivity contribution in [2.75, 3.05) is 13.7 Å². The van der Waals surface area contributed by atoms with Crippen LogP contribution in [-0.4, -0.2) is 13.7 Å². The molecule has 2 nitrogen and oxygen atoms in total. The number of hydrogen-bond donors (Lipinski definition) is 1. The molecule has 0 atom stereocenters. The van der Waals surface area contributed by atoms with Gasteiger partial charge in [0.2, 0.25) is 0 Å². The first-order valence-corrected chi connectivity index (χ1v) is 5.57. The van der Waals surface area contributed by atoms with Gasteiger partial charge in [0, 0.05) is 0 Å². The van der Waals surface area contributed by atoms with Crippen molar-refractivity contribution >= 4 is 0 Å². The lowest BCUT2D eigenvalue weighted by Crippen LogP contribution is -2.67. The second kappa shape index (κ2) is 2.76. The minimum Gasteiger partial charge on any atom is -0.497 e. The fourth-order valence-electron chi connectivity index (χ4n) is 3.47. The monoisotopic (exact) mass is 203 g/mol. The van der Waals surface area contributed by atoms with Crippen molar-refractivity contribution in [1.82, 2.24) is 0 Å². The standard InChI is InChI=1S/C13H17NO/c1-15-11-4-2-10(3-5-11)13-6-12(7-13,8-13)9-14/h2-5H,6-9,14H2,1H3. The van der Waals surface area contributed by atoms with Gasteiger partial charge in [-0.1, -0.05) is 12.1 Å². The van der Waals surface area contributed by atoms with Crippen LogP contribution < -0.4 is 10.5 Å². The average Bonchev–Trinajstić information content (AvgIpc) is 2.16. The molecule has 2 heteroatoms. The Morgan fingerprint density at radius 1 is 1.20 bits per heavy atom. The molecule has 2 N–H and O–H groups in total. The van der Waals surface area contributed by atoms with Crippen molar-refractivity contribution in [1.29, 1.82) is 0 Å². The maximum Gasteiger partial charge on any atom is 0.118 e. The predicted molar refractivity (Wildman–Crippen MR) is 60.0 cm³/mol. The highest BCUT2D eigenvalue weighted by Crippen LogP contribution is 2.73. The van der Waals surface area contributed by atoms with Gasteiger partial charge in [-0.05, 0) is 54.3 Å². The number of nitrogens with two attached hydrogens (primary N) is 1. The molecule has 0 amide bonds. The molecular formula is C13H17NO. The summed E-state index contributed by atoms with van der Waals surface area (Å²) in [5.41, 5.74) is 8.23. The largest absolute Gasteiger partial charge is 0.497 e. The molecule has 0 unspecified atom stereocenters. The fourth-order valence-corrected chi connectivity index (χ4v) is 3.47. The summed E-state index contributed by atoms with van der Waals surface area (Å²) in [5.74, 6) is 0.943. The Labute approximate surface area is 90.4 Å². The third-order valence-corrected chi connectivity index (χ3v) is 4.28. The van der Waals surface area contributed by atoms with Gasteiger partial charge >= 0.3 is 0 Å². The van der Waals surface area contributed by atoms with Crippen LogP contribution in [-0.2, 0) is 5.41 Å². The molecule has 1 aromatic rings. The summed E-state index contributed by atoms with van der Waals surface area (Å²) in [6.45, 7) is 0.866. The molecule has 3 aliphatic carbocycles. The maximum absolute atomic E-state index is 5.77. The van der Waals surface area contributed by atoms with Crippen molar-refractivity contribution in [3.63, 3.8) is 0 Å². The van der Waals surface area contributed by atoms with Crippen LogP contribution in [0.4, 0.5) is 0 Å². The number of methoxy groups -OCH3 is 1. The van der Waals surface area contributed by atoms with Gasteiger partial charge in [-0.2, -0.15) is 0 Å². The minimum absolute atomic E-state index is 0.478. The molecule has 0 spiro atoms. The van der Waals surface area contributed by atoms with Crippen molar-refractivity contribution in [3.8, 4) is 5.75 Å². The maximum atomic E-state index is 5.77. The summed E-state index contributed by atoms with van der Waals surface area (Å²) in [6.07, 6.45) is 3.88. The van der Waals surface area contributed by atoms with Gasteiger partial charge in [0.15, 0.2) is 0 Å². The Hall–Kier alpha value is -1.02. The van der Waals surface area contributed by atoms with Crippen LogP contribution in [0, 0.1) is 5.41 Å². The number of benzene rings is 1. The first kappa shape index (κ1) is 9.22. The molecule has 0 heterocycles. The number of hydrogen-bond acceptors (Lipinski definition) is 2. The van der Waals surface area contributed by atoms with Crippen LogP contribution in [0.5, 0.6) is 5.75 Å². The zero-order valence-corrected chi connectivity index (χ0v) is 9.12. The predicted octanol–water partition coefficient (Wildman–Crippen LogP) is 2.08. The quantitative estimate of drug-likeness (QED) is 0.816. The molecule has 0 aliphatic heterocycles. The summed E-state index contributed by atoms with van der Waals surface area (Å²) >= 11 is 0. The van der Waals surface area contributed by atoms with Gasteiger partial charge < -0.3 is 10.5 Å². The second-order valence-electron chi connectivity index (χ2n) is 5.24. The third-order valence-electron chi connectivity index (χ3n) is 4.28. The smallest absolute Gasteiger partial charge is 0.118 e. The van der Waals surface area contributed by atoms with Gasteiger partial charge in [-0.15, -0.1) is 0 Å². The van der Waals surface area contributed by atoms with E-state index in [9.17, 15) is 0 Å². The highest BCUT2D eigenvalue weighted by atomic mass is 16.5. The van der Waals surface area contributed by atoms with E-state index in [0.717, 1.165) is 12.3 Å². The van der Waals surface area contributed by atoms with E-state index in [2.05, 4.69) is 24.3 Å². The van der Waals surface area contributed by atoms with Crippen LogP contribution in [0.25, 0.3) is 0 Å². The van der Waals surface area contributed by atoms with Crippen molar-refractivity contribution < 1.29 is 4.74 Å². The first-order valence-electron chi connectivity index (χ1n) is 5.57. The van der Waals surface area contributed by atoms with Crippen LogP contribution in [0.15, 0.2) is 24.3 Å². The van der Waals surface area contributed by atoms with Gasteiger partial charge in [0.25, 0.3) is 0 Å². The third kappa shape index (κ3) is 1.08. The Kier molecular flexibility index (Phi) is 1.70. The van der Waals surface area contributed by atoms with Crippen LogP contribution in [0.3, 0.4) is 0 Å². The highest BCUT2D eigenvalue weighted by molar-refractivity contribution is 5.41. The van der Waals surface area contributed by atoms with E-state index in [1.807, 2.05) is 0 Å². The Morgan fingerprint density at radius 3 is 2.27 bits per heavy atom. The lowest BCUT2D eigenvalue weighted by Gasteiger charge is -2.71. The summed E-state index contributed by atoms with van der Waals surface area (Å²) in [7, 11) is 1.71. The summed E-state index contributed by atoms with van der Waals surface area (Å²) < 4.78 is 5.17. The SMILES string of the molecule is COc1ccc(C23CC(CN)(C2)C3)cc1. The molecule has 3 aliphatic rings. The Bertz CT molecular complexity index is 362.